The van der Waals surface area contributed by atoms with Crippen molar-refractivity contribution in [2.45, 2.75) is 20.3 Å². The summed E-state index contributed by atoms with van der Waals surface area (Å²) in [5, 5.41) is 0. The van der Waals surface area contributed by atoms with Crippen LogP contribution in [0.4, 0.5) is 0 Å². The molecule has 0 aliphatic carbocycles. The molecule has 0 amide bonds. The van der Waals surface area contributed by atoms with E-state index in [9.17, 15) is 0 Å². The van der Waals surface area contributed by atoms with Crippen molar-refractivity contribution in [1.82, 2.24) is 9.97 Å². The second-order valence-corrected chi connectivity index (χ2v) is 3.61. The first-order chi connectivity index (χ1) is 7.29. The van der Waals surface area contributed by atoms with Crippen molar-refractivity contribution in [1.29, 1.82) is 0 Å². The minimum absolute atomic E-state index is 0.883. The molecule has 0 aliphatic rings. The molecule has 0 saturated heterocycles. The summed E-state index contributed by atoms with van der Waals surface area (Å²) in [5.41, 5.74) is 3.51. The van der Waals surface area contributed by atoms with Gasteiger partial charge < -0.3 is 0 Å². The Balaban J connectivity index is 2.37. The molecule has 1 aromatic carbocycles. The van der Waals surface area contributed by atoms with Crippen LogP contribution < -0.4 is 0 Å². The minimum atomic E-state index is 0.883. The third-order valence-electron chi connectivity index (χ3n) is 2.37. The highest BCUT2D eigenvalue weighted by Gasteiger charge is 1.99. The second-order valence-electron chi connectivity index (χ2n) is 3.61. The van der Waals surface area contributed by atoms with Crippen LogP contribution in [-0.2, 0) is 6.42 Å². The molecule has 0 radical (unpaired) electrons. The van der Waals surface area contributed by atoms with E-state index in [1.165, 1.54) is 11.1 Å². The molecule has 0 spiro atoms. The standard InChI is InChI=1S/C13H14N2/c1-3-13-14-8-12(9-15-13)11-6-4-5-10(2)7-11/h4-9H,3H2,1-2H3. The average Bonchev–Trinajstić information content (AvgIpc) is 2.29. The molecule has 1 heterocycles. The number of aromatic nitrogens is 2. The van der Waals surface area contributed by atoms with Crippen LogP contribution in [0.1, 0.15) is 18.3 Å². The van der Waals surface area contributed by atoms with Gasteiger partial charge in [0.25, 0.3) is 0 Å². The van der Waals surface area contributed by atoms with Crippen LogP contribution in [0, 0.1) is 6.92 Å². The Bertz CT molecular complexity index is 446. The van der Waals surface area contributed by atoms with Gasteiger partial charge in [-0.15, -0.1) is 0 Å². The van der Waals surface area contributed by atoms with Gasteiger partial charge in [0, 0.05) is 24.4 Å². The van der Waals surface area contributed by atoms with E-state index in [0.29, 0.717) is 0 Å². The lowest BCUT2D eigenvalue weighted by atomic mass is 10.1. The first-order valence-electron chi connectivity index (χ1n) is 5.17. The molecule has 2 aromatic rings. The number of hydrogen-bond donors (Lipinski definition) is 0. The third-order valence-corrected chi connectivity index (χ3v) is 2.37. The third kappa shape index (κ3) is 2.21. The quantitative estimate of drug-likeness (QED) is 0.741. The molecule has 2 heteroatoms. The van der Waals surface area contributed by atoms with Crippen LogP contribution in [0.2, 0.25) is 0 Å². The van der Waals surface area contributed by atoms with E-state index in [2.05, 4.69) is 48.1 Å². The molecule has 0 N–H and O–H groups in total. The molecule has 0 bridgehead atoms. The number of nitrogens with zero attached hydrogens (tertiary/aromatic N) is 2. The monoisotopic (exact) mass is 198 g/mol. The Morgan fingerprint density at radius 1 is 1.07 bits per heavy atom. The van der Waals surface area contributed by atoms with Crippen molar-refractivity contribution in [3.05, 3.63) is 48.0 Å². The molecular weight excluding hydrogens is 184 g/mol. The zero-order chi connectivity index (χ0) is 10.7. The fourth-order valence-electron chi connectivity index (χ4n) is 1.51. The fraction of sp³-hybridized carbons (Fsp3) is 0.231. The molecule has 76 valence electrons. The summed E-state index contributed by atoms with van der Waals surface area (Å²) in [6, 6.07) is 8.37. The maximum absolute atomic E-state index is 4.29. The largest absolute Gasteiger partial charge is 0.241 e. The minimum Gasteiger partial charge on any atom is -0.241 e. The van der Waals surface area contributed by atoms with Gasteiger partial charge in [0.15, 0.2) is 0 Å². The van der Waals surface area contributed by atoms with Gasteiger partial charge in [-0.3, -0.25) is 0 Å². The van der Waals surface area contributed by atoms with Crippen LogP contribution in [0.25, 0.3) is 11.1 Å². The zero-order valence-corrected chi connectivity index (χ0v) is 9.07. The number of benzene rings is 1. The zero-order valence-electron chi connectivity index (χ0n) is 9.07. The first-order valence-corrected chi connectivity index (χ1v) is 5.17. The predicted octanol–water partition coefficient (Wildman–Crippen LogP) is 3.01. The maximum Gasteiger partial charge on any atom is 0.127 e. The lowest BCUT2D eigenvalue weighted by Gasteiger charge is -2.02. The van der Waals surface area contributed by atoms with Crippen LogP contribution in [-0.4, -0.2) is 9.97 Å². The van der Waals surface area contributed by atoms with Gasteiger partial charge in [-0.25, -0.2) is 9.97 Å². The number of aryl methyl sites for hydroxylation is 2. The summed E-state index contributed by atoms with van der Waals surface area (Å²) in [6.07, 6.45) is 4.66. The highest BCUT2D eigenvalue weighted by molar-refractivity contribution is 5.62. The van der Waals surface area contributed by atoms with Gasteiger partial charge in [-0.2, -0.15) is 0 Å². The van der Waals surface area contributed by atoms with Crippen LogP contribution in [0.5, 0.6) is 0 Å². The topological polar surface area (TPSA) is 25.8 Å². The van der Waals surface area contributed by atoms with E-state index in [1.54, 1.807) is 0 Å². The van der Waals surface area contributed by atoms with Gasteiger partial charge >= 0.3 is 0 Å². The van der Waals surface area contributed by atoms with E-state index in [0.717, 1.165) is 17.8 Å². The molecule has 2 rings (SSSR count). The normalized spacial score (nSPS) is 10.3. The fourth-order valence-corrected chi connectivity index (χ4v) is 1.51. The van der Waals surface area contributed by atoms with Crippen molar-refractivity contribution in [3.8, 4) is 11.1 Å². The van der Waals surface area contributed by atoms with E-state index in [-0.39, 0.29) is 0 Å². The lowest BCUT2D eigenvalue weighted by molar-refractivity contribution is 0.941. The number of rotatable bonds is 2. The average molecular weight is 198 g/mol. The van der Waals surface area contributed by atoms with Crippen molar-refractivity contribution >= 4 is 0 Å². The molecule has 2 nitrogen and oxygen atoms in total. The molecule has 0 atom stereocenters. The first kappa shape index (κ1) is 9.84. The van der Waals surface area contributed by atoms with Gasteiger partial charge in [0.1, 0.15) is 5.82 Å². The van der Waals surface area contributed by atoms with E-state index >= 15 is 0 Å². The Morgan fingerprint density at radius 2 is 1.80 bits per heavy atom. The summed E-state index contributed by atoms with van der Waals surface area (Å²) in [7, 11) is 0. The maximum atomic E-state index is 4.29. The molecule has 0 fully saturated rings. The molecule has 1 aromatic heterocycles. The van der Waals surface area contributed by atoms with Crippen LogP contribution in [0.15, 0.2) is 36.7 Å². The van der Waals surface area contributed by atoms with Gasteiger partial charge in [0.2, 0.25) is 0 Å². The molecule has 15 heavy (non-hydrogen) atoms. The van der Waals surface area contributed by atoms with E-state index < -0.39 is 0 Å². The summed E-state index contributed by atoms with van der Waals surface area (Å²) < 4.78 is 0. The van der Waals surface area contributed by atoms with Crippen molar-refractivity contribution in [2.24, 2.45) is 0 Å². The van der Waals surface area contributed by atoms with Gasteiger partial charge in [-0.05, 0) is 12.5 Å². The molecule has 0 unspecified atom stereocenters. The number of hydrogen-bond acceptors (Lipinski definition) is 2. The SMILES string of the molecule is CCc1ncc(-c2cccc(C)c2)cn1. The summed E-state index contributed by atoms with van der Waals surface area (Å²) in [4.78, 5) is 8.58. The van der Waals surface area contributed by atoms with Crippen LogP contribution in [0.3, 0.4) is 0 Å². The van der Waals surface area contributed by atoms with E-state index in [4.69, 9.17) is 0 Å². The van der Waals surface area contributed by atoms with Crippen molar-refractivity contribution in [2.75, 3.05) is 0 Å². The highest BCUT2D eigenvalue weighted by Crippen LogP contribution is 2.18. The Kier molecular flexibility index (Phi) is 2.77. The Morgan fingerprint density at radius 3 is 2.40 bits per heavy atom. The van der Waals surface area contributed by atoms with Crippen molar-refractivity contribution < 1.29 is 0 Å². The Labute approximate surface area is 90.0 Å². The Hall–Kier alpha value is -1.70. The van der Waals surface area contributed by atoms with Crippen LogP contribution >= 0.6 is 0 Å². The second kappa shape index (κ2) is 4.22. The summed E-state index contributed by atoms with van der Waals surface area (Å²) in [6.45, 7) is 4.15. The molecule has 0 aliphatic heterocycles. The van der Waals surface area contributed by atoms with E-state index in [1.807, 2.05) is 12.4 Å². The van der Waals surface area contributed by atoms with Gasteiger partial charge in [0.05, 0.1) is 0 Å². The molecule has 0 saturated carbocycles. The highest BCUT2D eigenvalue weighted by atomic mass is 14.9. The smallest absolute Gasteiger partial charge is 0.127 e. The lowest BCUT2D eigenvalue weighted by Crippen LogP contribution is -1.92. The molecular formula is C13H14N2. The summed E-state index contributed by atoms with van der Waals surface area (Å²) in [5.74, 6) is 0.895. The van der Waals surface area contributed by atoms with Crippen molar-refractivity contribution in [3.63, 3.8) is 0 Å². The predicted molar refractivity (Wildman–Crippen MR) is 61.6 cm³/mol. The summed E-state index contributed by atoms with van der Waals surface area (Å²) >= 11 is 0. The van der Waals surface area contributed by atoms with Gasteiger partial charge in [-0.1, -0.05) is 36.8 Å².